The number of nitrogens with zero attached hydrogens (tertiary/aromatic N) is 1. The van der Waals surface area contributed by atoms with E-state index in [1.807, 2.05) is 24.3 Å². The van der Waals surface area contributed by atoms with Crippen LogP contribution in [0, 0.1) is 0 Å². The fraction of sp³-hybridized carbons (Fsp3) is 0.143. The van der Waals surface area contributed by atoms with Crippen molar-refractivity contribution in [2.45, 2.75) is 11.8 Å². The number of anilines is 1. The van der Waals surface area contributed by atoms with Crippen molar-refractivity contribution in [1.82, 2.24) is 4.98 Å². The summed E-state index contributed by atoms with van der Waals surface area (Å²) >= 11 is 1.27. The van der Waals surface area contributed by atoms with Gasteiger partial charge >= 0.3 is 0 Å². The second-order valence-corrected chi connectivity index (χ2v) is 9.55. The normalized spacial score (nSPS) is 11.5. The number of fused-ring (bicyclic) bond motifs is 1. The zero-order valence-corrected chi connectivity index (χ0v) is 17.8. The van der Waals surface area contributed by atoms with Gasteiger partial charge in [0.1, 0.15) is 5.69 Å². The van der Waals surface area contributed by atoms with Crippen molar-refractivity contribution in [2.75, 3.05) is 18.2 Å². The fourth-order valence-electron chi connectivity index (χ4n) is 2.92. The minimum atomic E-state index is -3.30. The van der Waals surface area contributed by atoms with Gasteiger partial charge in [0.2, 0.25) is 0 Å². The number of sulfone groups is 1. The standard InChI is InChI=1S/C21H18N2O5S2/c1-3-30(25,26)15-9-7-13(8-10-15)20(24)23-21-22-16(12-29-21)18-11-14-5-4-6-17(27-2)19(14)28-18/h4-12H,3H2,1-2H3,(H,22,23,24). The van der Waals surface area contributed by atoms with Gasteiger partial charge in [0.15, 0.2) is 32.1 Å². The number of carbonyl (C=O) groups excluding carboxylic acids is 1. The number of nitrogens with one attached hydrogen (secondary N) is 1. The third-order valence-electron chi connectivity index (χ3n) is 4.56. The predicted octanol–water partition coefficient (Wildman–Crippen LogP) is 4.61. The smallest absolute Gasteiger partial charge is 0.257 e. The van der Waals surface area contributed by atoms with Crippen molar-refractivity contribution >= 4 is 43.2 Å². The van der Waals surface area contributed by atoms with Crippen molar-refractivity contribution < 1.29 is 22.4 Å². The Hall–Kier alpha value is -3.17. The van der Waals surface area contributed by atoms with Crippen LogP contribution in [0.25, 0.3) is 22.4 Å². The van der Waals surface area contributed by atoms with Gasteiger partial charge in [-0.3, -0.25) is 10.1 Å². The van der Waals surface area contributed by atoms with Gasteiger partial charge in [0.25, 0.3) is 5.91 Å². The van der Waals surface area contributed by atoms with Crippen LogP contribution in [0.4, 0.5) is 5.13 Å². The SMILES string of the molecule is CCS(=O)(=O)c1ccc(C(=O)Nc2nc(-c3cc4cccc(OC)c4o3)cs2)cc1. The van der Waals surface area contributed by atoms with Crippen LogP contribution in [0.15, 0.2) is 63.2 Å². The van der Waals surface area contributed by atoms with Crippen LogP contribution in [0.1, 0.15) is 17.3 Å². The topological polar surface area (TPSA) is 98.5 Å². The van der Waals surface area contributed by atoms with Crippen LogP contribution < -0.4 is 10.1 Å². The average molecular weight is 443 g/mol. The Morgan fingerprint density at radius 3 is 2.67 bits per heavy atom. The molecular formula is C21H18N2O5S2. The first-order valence-corrected chi connectivity index (χ1v) is 11.6. The van der Waals surface area contributed by atoms with E-state index in [2.05, 4.69) is 10.3 Å². The Labute approximate surface area is 177 Å². The van der Waals surface area contributed by atoms with Crippen LogP contribution in [-0.4, -0.2) is 32.2 Å². The lowest BCUT2D eigenvalue weighted by Crippen LogP contribution is -2.12. The molecule has 7 nitrogen and oxygen atoms in total. The highest BCUT2D eigenvalue weighted by atomic mass is 32.2. The highest BCUT2D eigenvalue weighted by Crippen LogP contribution is 2.34. The Bertz CT molecular complexity index is 1320. The molecule has 0 saturated heterocycles. The number of rotatable bonds is 6. The number of methoxy groups -OCH3 is 1. The summed E-state index contributed by atoms with van der Waals surface area (Å²) in [4.78, 5) is 17.1. The molecule has 0 aliphatic heterocycles. The molecule has 0 aliphatic rings. The second-order valence-electron chi connectivity index (χ2n) is 6.41. The lowest BCUT2D eigenvalue weighted by Gasteiger charge is -2.04. The number of aromatic nitrogens is 1. The van der Waals surface area contributed by atoms with Gasteiger partial charge in [-0.25, -0.2) is 13.4 Å². The van der Waals surface area contributed by atoms with Gasteiger partial charge in [0, 0.05) is 16.3 Å². The molecule has 0 aliphatic carbocycles. The highest BCUT2D eigenvalue weighted by molar-refractivity contribution is 7.91. The zero-order chi connectivity index (χ0) is 21.3. The quantitative estimate of drug-likeness (QED) is 0.468. The van der Waals surface area contributed by atoms with Crippen molar-refractivity contribution in [3.63, 3.8) is 0 Å². The third-order valence-corrected chi connectivity index (χ3v) is 7.07. The van der Waals surface area contributed by atoms with Crippen molar-refractivity contribution in [1.29, 1.82) is 0 Å². The molecule has 4 rings (SSSR count). The molecule has 9 heteroatoms. The van der Waals surface area contributed by atoms with E-state index in [0.717, 1.165) is 5.39 Å². The molecule has 2 aromatic heterocycles. The van der Waals surface area contributed by atoms with E-state index in [0.29, 0.717) is 33.5 Å². The lowest BCUT2D eigenvalue weighted by molar-refractivity contribution is 0.102. The number of carbonyl (C=O) groups is 1. The van der Waals surface area contributed by atoms with Crippen LogP contribution in [0.5, 0.6) is 5.75 Å². The Morgan fingerprint density at radius 2 is 1.97 bits per heavy atom. The molecular weight excluding hydrogens is 424 g/mol. The number of furan rings is 1. The van der Waals surface area contributed by atoms with E-state index in [1.54, 1.807) is 19.4 Å². The Balaban J connectivity index is 1.53. The molecule has 0 unspecified atom stereocenters. The summed E-state index contributed by atoms with van der Waals surface area (Å²) in [7, 11) is -1.72. The number of thiazole rings is 1. The molecule has 4 aromatic rings. The third kappa shape index (κ3) is 3.81. The fourth-order valence-corrected chi connectivity index (χ4v) is 4.50. The zero-order valence-electron chi connectivity index (χ0n) is 16.2. The van der Waals surface area contributed by atoms with Crippen molar-refractivity contribution in [3.05, 3.63) is 59.5 Å². The Kier molecular flexibility index (Phi) is 5.31. The maximum Gasteiger partial charge on any atom is 0.257 e. The monoisotopic (exact) mass is 442 g/mol. The maximum absolute atomic E-state index is 12.5. The van der Waals surface area contributed by atoms with Gasteiger partial charge in [0.05, 0.1) is 17.8 Å². The van der Waals surface area contributed by atoms with Crippen LogP contribution in [0.2, 0.25) is 0 Å². The Morgan fingerprint density at radius 1 is 1.20 bits per heavy atom. The molecule has 0 atom stereocenters. The average Bonchev–Trinajstić information content (AvgIpc) is 3.40. The second kappa shape index (κ2) is 7.92. The van der Waals surface area contributed by atoms with E-state index in [-0.39, 0.29) is 16.6 Å². The maximum atomic E-state index is 12.5. The largest absolute Gasteiger partial charge is 0.493 e. The molecule has 2 aromatic carbocycles. The molecule has 0 bridgehead atoms. The van der Waals surface area contributed by atoms with Crippen molar-refractivity contribution in [3.8, 4) is 17.2 Å². The van der Waals surface area contributed by atoms with E-state index in [1.165, 1.54) is 35.6 Å². The first-order valence-electron chi connectivity index (χ1n) is 9.08. The van der Waals surface area contributed by atoms with Crippen LogP contribution >= 0.6 is 11.3 Å². The summed E-state index contributed by atoms with van der Waals surface area (Å²) in [5.41, 5.74) is 1.57. The molecule has 30 heavy (non-hydrogen) atoms. The first-order chi connectivity index (χ1) is 14.4. The van der Waals surface area contributed by atoms with Gasteiger partial charge in [-0.2, -0.15) is 0 Å². The van der Waals surface area contributed by atoms with Gasteiger partial charge in [-0.05, 0) is 36.4 Å². The number of amides is 1. The number of hydrogen-bond acceptors (Lipinski definition) is 7. The molecule has 0 radical (unpaired) electrons. The molecule has 0 spiro atoms. The van der Waals surface area contributed by atoms with E-state index in [9.17, 15) is 13.2 Å². The number of hydrogen-bond donors (Lipinski definition) is 1. The molecule has 1 N–H and O–H groups in total. The molecule has 0 fully saturated rings. The van der Waals surface area contributed by atoms with Gasteiger partial charge in [-0.15, -0.1) is 11.3 Å². The van der Waals surface area contributed by atoms with Crippen molar-refractivity contribution in [2.24, 2.45) is 0 Å². The highest BCUT2D eigenvalue weighted by Gasteiger charge is 2.16. The number of benzene rings is 2. The van der Waals surface area contributed by atoms with Crippen LogP contribution in [-0.2, 0) is 9.84 Å². The summed E-state index contributed by atoms with van der Waals surface area (Å²) in [5, 5.41) is 5.82. The lowest BCUT2D eigenvalue weighted by atomic mass is 10.2. The first kappa shape index (κ1) is 20.1. The van der Waals surface area contributed by atoms with Gasteiger partial charge < -0.3 is 9.15 Å². The summed E-state index contributed by atoms with van der Waals surface area (Å²) in [6.45, 7) is 1.58. The predicted molar refractivity (Wildman–Crippen MR) is 116 cm³/mol. The molecule has 0 saturated carbocycles. The van der Waals surface area contributed by atoms with E-state index in [4.69, 9.17) is 9.15 Å². The summed E-state index contributed by atoms with van der Waals surface area (Å²) in [5.74, 6) is 0.840. The van der Waals surface area contributed by atoms with Gasteiger partial charge in [-0.1, -0.05) is 19.1 Å². The number of para-hydroxylation sites is 1. The minimum Gasteiger partial charge on any atom is -0.493 e. The van der Waals surface area contributed by atoms with E-state index >= 15 is 0 Å². The molecule has 154 valence electrons. The van der Waals surface area contributed by atoms with Crippen LogP contribution in [0.3, 0.4) is 0 Å². The minimum absolute atomic E-state index is 0.00804. The summed E-state index contributed by atoms with van der Waals surface area (Å²) < 4.78 is 35.0. The molecule has 2 heterocycles. The van der Waals surface area contributed by atoms with E-state index < -0.39 is 9.84 Å². The number of ether oxygens (including phenoxy) is 1. The summed E-state index contributed by atoms with van der Waals surface area (Å²) in [6, 6.07) is 13.3. The molecule has 1 amide bonds. The summed E-state index contributed by atoms with van der Waals surface area (Å²) in [6.07, 6.45) is 0.